The molecule has 1 amide bonds. The van der Waals surface area contributed by atoms with Gasteiger partial charge in [0, 0.05) is 12.2 Å². The van der Waals surface area contributed by atoms with Crippen LogP contribution in [0.2, 0.25) is 0 Å². The minimum atomic E-state index is -4.39. The highest BCUT2D eigenvalue weighted by Crippen LogP contribution is 2.35. The zero-order valence-electron chi connectivity index (χ0n) is 14.1. The molecule has 1 aliphatic heterocycles. The number of thiazole rings is 1. The number of aromatic nitrogens is 1. The first-order chi connectivity index (χ1) is 12.9. The van der Waals surface area contributed by atoms with Gasteiger partial charge in [0.25, 0.3) is 0 Å². The Morgan fingerprint density at radius 2 is 2.04 bits per heavy atom. The van der Waals surface area contributed by atoms with E-state index in [2.05, 4.69) is 4.98 Å². The zero-order chi connectivity index (χ0) is 19.0. The largest absolute Gasteiger partial charge is 0.416 e. The minimum Gasteiger partial charge on any atom is -0.311 e. The van der Waals surface area contributed by atoms with E-state index in [0.717, 1.165) is 30.7 Å². The maximum absolute atomic E-state index is 12.8. The topological polar surface area (TPSA) is 33.2 Å². The fourth-order valence-corrected chi connectivity index (χ4v) is 5.06. The van der Waals surface area contributed by atoms with Crippen molar-refractivity contribution < 1.29 is 18.0 Å². The summed E-state index contributed by atoms with van der Waals surface area (Å²) in [5, 5.41) is 0. The summed E-state index contributed by atoms with van der Waals surface area (Å²) in [4.78, 5) is 18.7. The third-order valence-corrected chi connectivity index (χ3v) is 6.59. The quantitative estimate of drug-likeness (QED) is 0.545. The summed E-state index contributed by atoms with van der Waals surface area (Å²) in [6, 6.07) is 11.4. The second-order valence-corrected chi connectivity index (χ2v) is 8.48. The molecule has 4 rings (SSSR count). The number of benzene rings is 2. The average molecular weight is 408 g/mol. The summed E-state index contributed by atoms with van der Waals surface area (Å²) < 4.78 is 39.8. The molecule has 0 atom stereocenters. The molecule has 3 nitrogen and oxygen atoms in total. The molecule has 0 radical (unpaired) electrons. The summed E-state index contributed by atoms with van der Waals surface area (Å²) in [6.45, 7) is 0.686. The number of hydrogen-bond acceptors (Lipinski definition) is 4. The Morgan fingerprint density at radius 1 is 1.22 bits per heavy atom. The maximum Gasteiger partial charge on any atom is 0.416 e. The molecule has 2 heterocycles. The van der Waals surface area contributed by atoms with Gasteiger partial charge in [-0.05, 0) is 42.7 Å². The highest BCUT2D eigenvalue weighted by atomic mass is 32.2. The molecule has 0 saturated heterocycles. The van der Waals surface area contributed by atoms with Crippen LogP contribution < -0.4 is 4.90 Å². The molecule has 1 aromatic heterocycles. The molecule has 140 valence electrons. The third kappa shape index (κ3) is 3.82. The van der Waals surface area contributed by atoms with Crippen LogP contribution >= 0.6 is 23.1 Å². The lowest BCUT2D eigenvalue weighted by Crippen LogP contribution is -2.36. The lowest BCUT2D eigenvalue weighted by atomic mass is 10.0. The van der Waals surface area contributed by atoms with Crippen LogP contribution in [0.25, 0.3) is 10.2 Å². The van der Waals surface area contributed by atoms with Gasteiger partial charge in [-0.1, -0.05) is 30.0 Å². The first-order valence-electron chi connectivity index (χ1n) is 8.41. The molecule has 8 heteroatoms. The van der Waals surface area contributed by atoms with Crippen LogP contribution in [0.5, 0.6) is 0 Å². The van der Waals surface area contributed by atoms with Gasteiger partial charge in [-0.2, -0.15) is 13.2 Å². The number of halogens is 3. The average Bonchev–Trinajstić information content (AvgIpc) is 3.07. The molecule has 27 heavy (non-hydrogen) atoms. The van der Waals surface area contributed by atoms with E-state index in [9.17, 15) is 18.0 Å². The van der Waals surface area contributed by atoms with Gasteiger partial charge in [-0.3, -0.25) is 4.79 Å². The van der Waals surface area contributed by atoms with Crippen molar-refractivity contribution >= 4 is 44.9 Å². The number of anilines is 1. The molecule has 0 unspecified atom stereocenters. The molecule has 0 N–H and O–H groups in total. The van der Waals surface area contributed by atoms with Crippen LogP contribution in [-0.2, 0) is 17.4 Å². The van der Waals surface area contributed by atoms with Gasteiger partial charge in [0.2, 0.25) is 5.91 Å². The molecule has 0 fully saturated rings. The van der Waals surface area contributed by atoms with E-state index >= 15 is 0 Å². The SMILES string of the molecule is O=C(CSc1nc2cc(C(F)(F)F)ccc2s1)N1CCCc2ccccc21. The third-order valence-electron chi connectivity index (χ3n) is 4.43. The van der Waals surface area contributed by atoms with Crippen LogP contribution in [0.4, 0.5) is 18.9 Å². The summed E-state index contributed by atoms with van der Waals surface area (Å²) in [5.41, 5.74) is 1.72. The number of carbonyl (C=O) groups excluding carboxylic acids is 1. The number of fused-ring (bicyclic) bond motifs is 2. The van der Waals surface area contributed by atoms with Crippen LogP contribution in [-0.4, -0.2) is 23.2 Å². The predicted octanol–water partition coefficient (Wildman–Crippen LogP) is 5.39. The standard InChI is InChI=1S/C19H15F3N2OS2/c20-19(21,22)13-7-8-16-14(10-13)23-18(27-16)26-11-17(25)24-9-3-5-12-4-1-2-6-15(12)24/h1-2,4,6-8,10H,3,5,9,11H2. The Morgan fingerprint density at radius 3 is 2.85 bits per heavy atom. The predicted molar refractivity (Wildman–Crippen MR) is 102 cm³/mol. The van der Waals surface area contributed by atoms with Crippen molar-refractivity contribution in [3.63, 3.8) is 0 Å². The van der Waals surface area contributed by atoms with Gasteiger partial charge in [0.15, 0.2) is 4.34 Å². The molecule has 1 aliphatic rings. The van der Waals surface area contributed by atoms with Crippen molar-refractivity contribution in [2.45, 2.75) is 23.4 Å². The number of nitrogens with zero attached hydrogens (tertiary/aromatic N) is 2. The molecule has 0 spiro atoms. The molecule has 0 saturated carbocycles. The Bertz CT molecular complexity index is 1000. The van der Waals surface area contributed by atoms with Gasteiger partial charge in [-0.25, -0.2) is 4.98 Å². The Hall–Kier alpha value is -2.06. The van der Waals surface area contributed by atoms with E-state index in [1.807, 2.05) is 24.3 Å². The number of thioether (sulfide) groups is 1. The van der Waals surface area contributed by atoms with Crippen LogP contribution in [0.1, 0.15) is 17.5 Å². The second-order valence-electron chi connectivity index (χ2n) is 6.23. The highest BCUT2D eigenvalue weighted by Gasteiger charge is 2.31. The lowest BCUT2D eigenvalue weighted by molar-refractivity contribution is -0.137. The van der Waals surface area contributed by atoms with E-state index in [1.54, 1.807) is 4.90 Å². The molecule has 3 aromatic rings. The fourth-order valence-electron chi connectivity index (χ4n) is 3.14. The smallest absolute Gasteiger partial charge is 0.311 e. The van der Waals surface area contributed by atoms with Crippen molar-refractivity contribution in [2.24, 2.45) is 0 Å². The molecule has 0 aliphatic carbocycles. The van der Waals surface area contributed by atoms with Gasteiger partial charge >= 0.3 is 6.18 Å². The van der Waals surface area contributed by atoms with Gasteiger partial charge in [0.1, 0.15) is 0 Å². The van der Waals surface area contributed by atoms with E-state index in [1.165, 1.54) is 34.7 Å². The molecule has 2 aromatic carbocycles. The lowest BCUT2D eigenvalue weighted by Gasteiger charge is -2.29. The number of rotatable bonds is 3. The molecular formula is C19H15F3N2OS2. The first-order valence-corrected chi connectivity index (χ1v) is 10.2. The summed E-state index contributed by atoms with van der Waals surface area (Å²) in [6.07, 6.45) is -2.50. The van der Waals surface area contributed by atoms with Crippen LogP contribution in [0.15, 0.2) is 46.8 Å². The van der Waals surface area contributed by atoms with Crippen LogP contribution in [0.3, 0.4) is 0 Å². The number of alkyl halides is 3. The van der Waals surface area contributed by atoms with E-state index in [4.69, 9.17) is 0 Å². The van der Waals surface area contributed by atoms with Gasteiger partial charge in [0.05, 0.1) is 21.5 Å². The van der Waals surface area contributed by atoms with E-state index < -0.39 is 11.7 Å². The maximum atomic E-state index is 12.8. The Kier molecular flexibility index (Phi) is 4.86. The summed E-state index contributed by atoms with van der Waals surface area (Å²) in [7, 11) is 0. The number of hydrogen-bond donors (Lipinski definition) is 0. The zero-order valence-corrected chi connectivity index (χ0v) is 15.8. The fraction of sp³-hybridized carbons (Fsp3) is 0.263. The van der Waals surface area contributed by atoms with E-state index in [-0.39, 0.29) is 11.7 Å². The number of carbonyl (C=O) groups is 1. The second kappa shape index (κ2) is 7.16. The van der Waals surface area contributed by atoms with Gasteiger partial charge in [-0.15, -0.1) is 11.3 Å². The Balaban J connectivity index is 1.48. The first kappa shape index (κ1) is 18.3. The Labute approximate surface area is 162 Å². The van der Waals surface area contributed by atoms with Crippen LogP contribution in [0, 0.1) is 0 Å². The summed E-state index contributed by atoms with van der Waals surface area (Å²) in [5.74, 6) is 0.197. The minimum absolute atomic E-state index is 0.0117. The number of para-hydroxylation sites is 1. The number of aryl methyl sites for hydroxylation is 1. The summed E-state index contributed by atoms with van der Waals surface area (Å²) >= 11 is 2.58. The van der Waals surface area contributed by atoms with Crippen molar-refractivity contribution in [3.8, 4) is 0 Å². The highest BCUT2D eigenvalue weighted by molar-refractivity contribution is 8.01. The van der Waals surface area contributed by atoms with Crippen molar-refractivity contribution in [1.29, 1.82) is 0 Å². The van der Waals surface area contributed by atoms with Gasteiger partial charge < -0.3 is 4.90 Å². The van der Waals surface area contributed by atoms with Crippen molar-refractivity contribution in [2.75, 3.05) is 17.2 Å². The molecule has 0 bridgehead atoms. The molecular weight excluding hydrogens is 393 g/mol. The monoisotopic (exact) mass is 408 g/mol. The van der Waals surface area contributed by atoms with Crippen molar-refractivity contribution in [3.05, 3.63) is 53.6 Å². The van der Waals surface area contributed by atoms with E-state index in [0.29, 0.717) is 21.1 Å². The number of amides is 1. The normalized spacial score (nSPS) is 14.4. The van der Waals surface area contributed by atoms with Crippen molar-refractivity contribution in [1.82, 2.24) is 4.98 Å².